The molecule has 0 unspecified atom stereocenters. The molecular formula is C11H9N3. The smallest absolute Gasteiger partial charge is 0.134 e. The van der Waals surface area contributed by atoms with Gasteiger partial charge in [-0.2, -0.15) is 5.10 Å². The van der Waals surface area contributed by atoms with E-state index in [0.29, 0.717) is 5.82 Å². The first kappa shape index (κ1) is 8.39. The fourth-order valence-electron chi connectivity index (χ4n) is 1.06. The highest BCUT2D eigenvalue weighted by Gasteiger charge is 1.94. The third-order valence-electron chi connectivity index (χ3n) is 1.78. The molecule has 3 N–H and O–H groups in total. The first-order chi connectivity index (χ1) is 6.86. The summed E-state index contributed by atoms with van der Waals surface area (Å²) in [6.07, 6.45) is 1.62. The number of nitrogens with two attached hydrogens (primary N) is 1. The minimum Gasteiger partial charge on any atom is -0.383 e. The van der Waals surface area contributed by atoms with E-state index in [1.165, 1.54) is 0 Å². The summed E-state index contributed by atoms with van der Waals surface area (Å²) in [6, 6.07) is 9.75. The molecule has 1 aromatic carbocycles. The van der Waals surface area contributed by atoms with Crippen LogP contribution in [0.3, 0.4) is 0 Å². The Balaban J connectivity index is 2.28. The summed E-state index contributed by atoms with van der Waals surface area (Å²) in [7, 11) is 0. The number of nitrogens with zero attached hydrogens (tertiary/aromatic N) is 1. The Labute approximate surface area is 82.0 Å². The van der Waals surface area contributed by atoms with Crippen LogP contribution in [-0.2, 0) is 0 Å². The molecule has 0 aliphatic carbocycles. The second-order valence-corrected chi connectivity index (χ2v) is 2.81. The molecule has 1 heterocycles. The highest BCUT2D eigenvalue weighted by Crippen LogP contribution is 2.03. The van der Waals surface area contributed by atoms with Crippen molar-refractivity contribution < 1.29 is 0 Å². The molecule has 0 radical (unpaired) electrons. The van der Waals surface area contributed by atoms with Crippen molar-refractivity contribution in [3.63, 3.8) is 0 Å². The van der Waals surface area contributed by atoms with Crippen molar-refractivity contribution in [2.45, 2.75) is 0 Å². The van der Waals surface area contributed by atoms with Crippen LogP contribution in [0.4, 0.5) is 5.82 Å². The number of H-pyrrole nitrogens is 1. The lowest BCUT2D eigenvalue weighted by Crippen LogP contribution is -1.86. The van der Waals surface area contributed by atoms with Gasteiger partial charge in [0, 0.05) is 5.56 Å². The molecule has 1 aromatic heterocycles. The zero-order chi connectivity index (χ0) is 9.80. The van der Waals surface area contributed by atoms with Crippen LogP contribution in [-0.4, -0.2) is 10.2 Å². The lowest BCUT2D eigenvalue weighted by atomic mass is 10.2. The molecule has 0 saturated heterocycles. The van der Waals surface area contributed by atoms with Crippen molar-refractivity contribution in [2.75, 3.05) is 5.73 Å². The van der Waals surface area contributed by atoms with Crippen molar-refractivity contribution >= 4 is 5.82 Å². The van der Waals surface area contributed by atoms with E-state index in [1.807, 2.05) is 30.3 Å². The van der Waals surface area contributed by atoms with Crippen molar-refractivity contribution in [1.29, 1.82) is 0 Å². The second kappa shape index (κ2) is 3.67. The lowest BCUT2D eigenvalue weighted by Gasteiger charge is -1.86. The topological polar surface area (TPSA) is 54.7 Å². The van der Waals surface area contributed by atoms with Crippen molar-refractivity contribution in [3.8, 4) is 11.8 Å². The van der Waals surface area contributed by atoms with Crippen LogP contribution in [0.1, 0.15) is 11.1 Å². The molecule has 0 atom stereocenters. The van der Waals surface area contributed by atoms with Gasteiger partial charge < -0.3 is 5.73 Å². The van der Waals surface area contributed by atoms with Gasteiger partial charge in [-0.15, -0.1) is 0 Å². The normalized spacial score (nSPS) is 9.14. The number of aromatic nitrogens is 2. The van der Waals surface area contributed by atoms with Crippen LogP contribution in [0.2, 0.25) is 0 Å². The monoisotopic (exact) mass is 183 g/mol. The summed E-state index contributed by atoms with van der Waals surface area (Å²) in [4.78, 5) is 0. The number of nitrogens with one attached hydrogen (secondary N) is 1. The molecule has 2 rings (SSSR count). The zero-order valence-corrected chi connectivity index (χ0v) is 7.49. The molecule has 0 saturated carbocycles. The van der Waals surface area contributed by atoms with Gasteiger partial charge in [0.15, 0.2) is 0 Å². The van der Waals surface area contributed by atoms with Gasteiger partial charge >= 0.3 is 0 Å². The Bertz CT molecular complexity index is 474. The number of hydrogen-bond acceptors (Lipinski definition) is 2. The number of benzene rings is 1. The molecule has 68 valence electrons. The maximum absolute atomic E-state index is 5.58. The summed E-state index contributed by atoms with van der Waals surface area (Å²) in [5.41, 5.74) is 7.28. The van der Waals surface area contributed by atoms with Crippen molar-refractivity contribution in [2.24, 2.45) is 0 Å². The van der Waals surface area contributed by atoms with Crippen LogP contribution in [0.15, 0.2) is 36.5 Å². The van der Waals surface area contributed by atoms with E-state index < -0.39 is 0 Å². The van der Waals surface area contributed by atoms with Gasteiger partial charge in [-0.3, -0.25) is 5.10 Å². The van der Waals surface area contributed by atoms with Crippen LogP contribution >= 0.6 is 0 Å². The van der Waals surface area contributed by atoms with Crippen LogP contribution in [0.25, 0.3) is 0 Å². The predicted octanol–water partition coefficient (Wildman–Crippen LogP) is 1.39. The maximum Gasteiger partial charge on any atom is 0.134 e. The standard InChI is InChI=1S/C11H9N3/c12-11-10(8-13-14-11)7-6-9-4-2-1-3-5-9/h1-5,8H,(H3,12,13,14). The highest BCUT2D eigenvalue weighted by atomic mass is 15.1. The number of nitrogen functional groups attached to an aromatic ring is 1. The van der Waals surface area contributed by atoms with Gasteiger partial charge in [-0.1, -0.05) is 30.0 Å². The molecular weight excluding hydrogens is 174 g/mol. The average Bonchev–Trinajstić information content (AvgIpc) is 2.63. The predicted molar refractivity (Wildman–Crippen MR) is 55.4 cm³/mol. The second-order valence-electron chi connectivity index (χ2n) is 2.81. The molecule has 0 fully saturated rings. The van der Waals surface area contributed by atoms with E-state index >= 15 is 0 Å². The first-order valence-corrected chi connectivity index (χ1v) is 4.22. The Morgan fingerprint density at radius 1 is 1.14 bits per heavy atom. The highest BCUT2D eigenvalue weighted by molar-refractivity contribution is 5.51. The third-order valence-corrected chi connectivity index (χ3v) is 1.78. The summed E-state index contributed by atoms with van der Waals surface area (Å²) in [5.74, 6) is 6.45. The van der Waals surface area contributed by atoms with E-state index in [9.17, 15) is 0 Å². The number of hydrogen-bond donors (Lipinski definition) is 2. The molecule has 0 bridgehead atoms. The molecule has 0 aliphatic rings. The zero-order valence-electron chi connectivity index (χ0n) is 7.49. The SMILES string of the molecule is Nc1[nH]ncc1C#Cc1ccccc1. The van der Waals surface area contributed by atoms with E-state index in [0.717, 1.165) is 11.1 Å². The molecule has 2 aromatic rings. The summed E-state index contributed by atoms with van der Waals surface area (Å²) in [5, 5.41) is 6.41. The molecule has 14 heavy (non-hydrogen) atoms. The van der Waals surface area contributed by atoms with Crippen LogP contribution < -0.4 is 5.73 Å². The number of rotatable bonds is 0. The van der Waals surface area contributed by atoms with Crippen molar-refractivity contribution in [3.05, 3.63) is 47.7 Å². The van der Waals surface area contributed by atoms with Crippen LogP contribution in [0, 0.1) is 11.8 Å². The van der Waals surface area contributed by atoms with E-state index in [4.69, 9.17) is 5.73 Å². The molecule has 0 spiro atoms. The number of anilines is 1. The maximum atomic E-state index is 5.58. The van der Waals surface area contributed by atoms with Gasteiger partial charge in [-0.05, 0) is 12.1 Å². The Kier molecular flexibility index (Phi) is 2.20. The van der Waals surface area contributed by atoms with Gasteiger partial charge in [0.05, 0.1) is 11.8 Å². The van der Waals surface area contributed by atoms with E-state index in [1.54, 1.807) is 6.20 Å². The minimum absolute atomic E-state index is 0.508. The fourth-order valence-corrected chi connectivity index (χ4v) is 1.06. The van der Waals surface area contributed by atoms with Gasteiger partial charge in [0.2, 0.25) is 0 Å². The van der Waals surface area contributed by atoms with Gasteiger partial charge in [0.1, 0.15) is 5.82 Å². The van der Waals surface area contributed by atoms with E-state index in [-0.39, 0.29) is 0 Å². The Hall–Kier alpha value is -2.21. The lowest BCUT2D eigenvalue weighted by molar-refractivity contribution is 1.10. The summed E-state index contributed by atoms with van der Waals surface area (Å²) in [6.45, 7) is 0. The third kappa shape index (κ3) is 1.75. The summed E-state index contributed by atoms with van der Waals surface area (Å²) < 4.78 is 0. The quantitative estimate of drug-likeness (QED) is 0.606. The first-order valence-electron chi connectivity index (χ1n) is 4.22. The molecule has 3 nitrogen and oxygen atoms in total. The number of aromatic amines is 1. The largest absolute Gasteiger partial charge is 0.383 e. The van der Waals surface area contributed by atoms with Crippen LogP contribution in [0.5, 0.6) is 0 Å². The molecule has 3 heteroatoms. The van der Waals surface area contributed by atoms with Gasteiger partial charge in [0.25, 0.3) is 0 Å². The minimum atomic E-state index is 0.508. The fraction of sp³-hybridized carbons (Fsp3) is 0. The van der Waals surface area contributed by atoms with E-state index in [2.05, 4.69) is 22.0 Å². The Morgan fingerprint density at radius 3 is 2.57 bits per heavy atom. The summed E-state index contributed by atoms with van der Waals surface area (Å²) >= 11 is 0. The molecule has 0 amide bonds. The molecule has 0 aliphatic heterocycles. The Morgan fingerprint density at radius 2 is 1.93 bits per heavy atom. The van der Waals surface area contributed by atoms with Crippen molar-refractivity contribution in [1.82, 2.24) is 10.2 Å². The van der Waals surface area contributed by atoms with Gasteiger partial charge in [-0.25, -0.2) is 0 Å². The average molecular weight is 183 g/mol.